The Hall–Kier alpha value is -2.01. The number of hydrogen-bond donors (Lipinski definition) is 2. The largest absolute Gasteiger partial charge is 0.497 e. The van der Waals surface area contributed by atoms with E-state index in [9.17, 15) is 0 Å². The minimum absolute atomic E-state index is 0.743. The van der Waals surface area contributed by atoms with Crippen molar-refractivity contribution in [3.63, 3.8) is 0 Å². The van der Waals surface area contributed by atoms with Gasteiger partial charge in [-0.3, -0.25) is 5.10 Å². The molecule has 1 aromatic heterocycles. The predicted octanol–water partition coefficient (Wildman–Crippen LogP) is 1.72. The summed E-state index contributed by atoms with van der Waals surface area (Å²) < 4.78 is 10.5. The van der Waals surface area contributed by atoms with Crippen molar-refractivity contribution in [3.05, 3.63) is 41.7 Å². The van der Waals surface area contributed by atoms with Gasteiger partial charge < -0.3 is 14.8 Å². The molecule has 0 fully saturated rings. The van der Waals surface area contributed by atoms with Gasteiger partial charge in [-0.15, -0.1) is 0 Å². The van der Waals surface area contributed by atoms with Crippen LogP contribution in [0.4, 0.5) is 0 Å². The Balaban J connectivity index is 1.95. The number of hydrogen-bond acceptors (Lipinski definition) is 4. The Labute approximate surface area is 106 Å². The third kappa shape index (κ3) is 3.24. The number of nitrogens with one attached hydrogen (secondary N) is 2. The molecule has 0 amide bonds. The molecule has 0 saturated carbocycles. The zero-order valence-electron chi connectivity index (χ0n) is 10.6. The number of rotatable bonds is 6. The summed E-state index contributed by atoms with van der Waals surface area (Å²) in [6, 6.07) is 7.78. The number of benzene rings is 1. The average Bonchev–Trinajstić information content (AvgIpc) is 2.91. The van der Waals surface area contributed by atoms with E-state index in [0.29, 0.717) is 0 Å². The Morgan fingerprint density at radius 2 is 1.83 bits per heavy atom. The van der Waals surface area contributed by atoms with Crippen molar-refractivity contribution in [1.29, 1.82) is 0 Å². The van der Waals surface area contributed by atoms with Crippen molar-refractivity contribution in [3.8, 4) is 11.5 Å². The van der Waals surface area contributed by atoms with Gasteiger partial charge in [-0.25, -0.2) is 0 Å². The first-order valence-electron chi connectivity index (χ1n) is 5.72. The van der Waals surface area contributed by atoms with Crippen LogP contribution in [0.15, 0.2) is 30.5 Å². The lowest BCUT2D eigenvalue weighted by atomic mass is 10.2. The summed E-state index contributed by atoms with van der Waals surface area (Å²) in [5, 5.41) is 10.1. The summed E-state index contributed by atoms with van der Waals surface area (Å²) in [4.78, 5) is 0. The maximum absolute atomic E-state index is 5.23. The fourth-order valence-electron chi connectivity index (χ4n) is 1.69. The van der Waals surface area contributed by atoms with Crippen molar-refractivity contribution >= 4 is 0 Å². The zero-order chi connectivity index (χ0) is 12.8. The van der Waals surface area contributed by atoms with Crippen LogP contribution in [0.25, 0.3) is 0 Å². The van der Waals surface area contributed by atoms with E-state index in [1.165, 1.54) is 0 Å². The van der Waals surface area contributed by atoms with Crippen molar-refractivity contribution in [2.75, 3.05) is 14.2 Å². The molecule has 0 aliphatic rings. The third-order valence-electron chi connectivity index (χ3n) is 2.61. The van der Waals surface area contributed by atoms with E-state index in [0.717, 1.165) is 35.8 Å². The summed E-state index contributed by atoms with van der Waals surface area (Å²) in [6.45, 7) is 1.49. The molecule has 2 rings (SSSR count). The Kier molecular flexibility index (Phi) is 4.20. The zero-order valence-corrected chi connectivity index (χ0v) is 10.6. The highest BCUT2D eigenvalue weighted by atomic mass is 16.5. The van der Waals surface area contributed by atoms with Gasteiger partial charge in [-0.2, -0.15) is 5.10 Å². The number of H-pyrrole nitrogens is 1. The molecule has 1 aromatic carbocycles. The van der Waals surface area contributed by atoms with Gasteiger partial charge in [0.1, 0.15) is 11.5 Å². The van der Waals surface area contributed by atoms with E-state index >= 15 is 0 Å². The predicted molar refractivity (Wildman–Crippen MR) is 68.7 cm³/mol. The van der Waals surface area contributed by atoms with E-state index in [1.807, 2.05) is 24.3 Å². The van der Waals surface area contributed by atoms with E-state index in [4.69, 9.17) is 9.47 Å². The highest BCUT2D eigenvalue weighted by Crippen LogP contribution is 2.22. The topological polar surface area (TPSA) is 59.2 Å². The van der Waals surface area contributed by atoms with Gasteiger partial charge in [0, 0.05) is 31.0 Å². The van der Waals surface area contributed by atoms with Crippen LogP contribution in [-0.4, -0.2) is 24.4 Å². The Morgan fingerprint density at radius 3 is 2.39 bits per heavy atom. The van der Waals surface area contributed by atoms with Gasteiger partial charge in [0.25, 0.3) is 0 Å². The molecule has 0 radical (unpaired) electrons. The number of ether oxygens (including phenoxy) is 2. The number of aromatic nitrogens is 2. The molecular weight excluding hydrogens is 230 g/mol. The maximum Gasteiger partial charge on any atom is 0.122 e. The van der Waals surface area contributed by atoms with Crippen molar-refractivity contribution < 1.29 is 9.47 Å². The quantitative estimate of drug-likeness (QED) is 0.816. The molecule has 0 saturated heterocycles. The lowest BCUT2D eigenvalue weighted by Crippen LogP contribution is -2.13. The molecule has 0 aliphatic heterocycles. The van der Waals surface area contributed by atoms with Crippen molar-refractivity contribution in [2.45, 2.75) is 13.1 Å². The molecule has 96 valence electrons. The second-order valence-electron chi connectivity index (χ2n) is 3.91. The highest BCUT2D eigenvalue weighted by molar-refractivity contribution is 5.38. The van der Waals surface area contributed by atoms with Gasteiger partial charge in [0.05, 0.1) is 14.2 Å². The fraction of sp³-hybridized carbons (Fsp3) is 0.308. The first-order valence-corrected chi connectivity index (χ1v) is 5.72. The summed E-state index contributed by atoms with van der Waals surface area (Å²) in [7, 11) is 3.30. The molecule has 0 spiro atoms. The highest BCUT2D eigenvalue weighted by Gasteiger charge is 2.02. The molecule has 0 bridgehead atoms. The molecule has 18 heavy (non-hydrogen) atoms. The monoisotopic (exact) mass is 247 g/mol. The van der Waals surface area contributed by atoms with Gasteiger partial charge >= 0.3 is 0 Å². The van der Waals surface area contributed by atoms with Crippen LogP contribution >= 0.6 is 0 Å². The first kappa shape index (κ1) is 12.4. The summed E-state index contributed by atoms with van der Waals surface area (Å²) >= 11 is 0. The summed E-state index contributed by atoms with van der Waals surface area (Å²) in [6.07, 6.45) is 1.74. The molecule has 0 aliphatic carbocycles. The Bertz CT molecular complexity index is 461. The molecule has 1 heterocycles. The summed E-state index contributed by atoms with van der Waals surface area (Å²) in [5.74, 6) is 1.60. The molecule has 2 N–H and O–H groups in total. The molecular formula is C13H17N3O2. The minimum atomic E-state index is 0.743. The first-order chi connectivity index (χ1) is 8.81. The van der Waals surface area contributed by atoms with E-state index < -0.39 is 0 Å². The van der Waals surface area contributed by atoms with E-state index in [1.54, 1.807) is 20.4 Å². The van der Waals surface area contributed by atoms with Crippen LogP contribution in [0, 0.1) is 0 Å². The van der Waals surface area contributed by atoms with Crippen LogP contribution in [0.2, 0.25) is 0 Å². The van der Waals surface area contributed by atoms with Crippen molar-refractivity contribution in [2.24, 2.45) is 0 Å². The lowest BCUT2D eigenvalue weighted by Gasteiger charge is -2.09. The molecule has 5 heteroatoms. The number of nitrogens with zero attached hydrogens (tertiary/aromatic N) is 1. The van der Waals surface area contributed by atoms with E-state index in [-0.39, 0.29) is 0 Å². The number of methoxy groups -OCH3 is 2. The fourth-order valence-corrected chi connectivity index (χ4v) is 1.69. The van der Waals surface area contributed by atoms with Crippen LogP contribution in [0.5, 0.6) is 11.5 Å². The number of aromatic amines is 1. The standard InChI is InChI=1S/C13H17N3O2/c1-17-12-5-10(6-13(7-12)18-2)8-14-9-11-3-4-15-16-11/h3-7,14H,8-9H2,1-2H3,(H,15,16). The van der Waals surface area contributed by atoms with Gasteiger partial charge in [0.2, 0.25) is 0 Å². The lowest BCUT2D eigenvalue weighted by molar-refractivity contribution is 0.393. The van der Waals surface area contributed by atoms with Crippen LogP contribution in [0.3, 0.4) is 0 Å². The minimum Gasteiger partial charge on any atom is -0.497 e. The van der Waals surface area contributed by atoms with Crippen LogP contribution in [-0.2, 0) is 13.1 Å². The molecule has 0 atom stereocenters. The smallest absolute Gasteiger partial charge is 0.122 e. The van der Waals surface area contributed by atoms with Gasteiger partial charge in [0.15, 0.2) is 0 Å². The normalized spacial score (nSPS) is 10.3. The molecule has 5 nitrogen and oxygen atoms in total. The second-order valence-corrected chi connectivity index (χ2v) is 3.91. The molecule has 0 unspecified atom stereocenters. The summed E-state index contributed by atoms with van der Waals surface area (Å²) in [5.41, 5.74) is 2.18. The second kappa shape index (κ2) is 6.07. The average molecular weight is 247 g/mol. The SMILES string of the molecule is COc1cc(CNCc2ccn[nH]2)cc(OC)c1. The van der Waals surface area contributed by atoms with E-state index in [2.05, 4.69) is 15.5 Å². The van der Waals surface area contributed by atoms with Crippen LogP contribution < -0.4 is 14.8 Å². The van der Waals surface area contributed by atoms with Gasteiger partial charge in [-0.05, 0) is 23.8 Å². The maximum atomic E-state index is 5.23. The Morgan fingerprint density at radius 1 is 1.11 bits per heavy atom. The third-order valence-corrected chi connectivity index (χ3v) is 2.61. The van der Waals surface area contributed by atoms with Crippen molar-refractivity contribution in [1.82, 2.24) is 15.5 Å². The van der Waals surface area contributed by atoms with Crippen LogP contribution in [0.1, 0.15) is 11.3 Å². The van der Waals surface area contributed by atoms with Gasteiger partial charge in [-0.1, -0.05) is 0 Å². The molecule has 2 aromatic rings.